The van der Waals surface area contributed by atoms with Gasteiger partial charge in [0.2, 0.25) is 0 Å². The predicted molar refractivity (Wildman–Crippen MR) is 94.1 cm³/mol. The van der Waals surface area contributed by atoms with Crippen molar-refractivity contribution >= 4 is 23.6 Å². The second-order valence-corrected chi connectivity index (χ2v) is 6.09. The average Bonchev–Trinajstić information content (AvgIpc) is 2.61. The van der Waals surface area contributed by atoms with Crippen LogP contribution in [0.5, 0.6) is 0 Å². The van der Waals surface area contributed by atoms with Crippen LogP contribution in [0.15, 0.2) is 30.3 Å². The van der Waals surface area contributed by atoms with Gasteiger partial charge in [0.1, 0.15) is 0 Å². The molecule has 1 aromatic rings. The molecule has 3 amide bonds. The lowest BCUT2D eigenvalue weighted by Crippen LogP contribution is -2.44. The van der Waals surface area contributed by atoms with Gasteiger partial charge in [0, 0.05) is 24.8 Å². The third kappa shape index (κ3) is 6.45. The molecule has 2 rings (SSSR count). The lowest BCUT2D eigenvalue weighted by Gasteiger charge is -2.33. The molecule has 1 heterocycles. The molecule has 0 aromatic heterocycles. The van der Waals surface area contributed by atoms with Crippen LogP contribution in [0.25, 0.3) is 0 Å². The van der Waals surface area contributed by atoms with Crippen LogP contribution in [0.3, 0.4) is 0 Å². The lowest BCUT2D eigenvalue weighted by atomic mass is 10.0. The van der Waals surface area contributed by atoms with Crippen LogP contribution in [0, 0.1) is 0 Å². The van der Waals surface area contributed by atoms with Crippen LogP contribution in [-0.2, 0) is 14.3 Å². The first-order chi connectivity index (χ1) is 12.1. The average molecular weight is 347 g/mol. The zero-order valence-corrected chi connectivity index (χ0v) is 14.5. The Labute approximate surface area is 147 Å². The number of ether oxygens (including phenoxy) is 1. The number of esters is 1. The minimum Gasteiger partial charge on any atom is -0.456 e. The van der Waals surface area contributed by atoms with Crippen molar-refractivity contribution in [3.8, 4) is 0 Å². The van der Waals surface area contributed by atoms with Gasteiger partial charge in [-0.3, -0.25) is 9.59 Å². The fraction of sp³-hybridized carbons (Fsp3) is 0.500. The molecule has 0 aliphatic carbocycles. The van der Waals surface area contributed by atoms with E-state index in [0.29, 0.717) is 5.69 Å². The number of carbonyl (C=O) groups is 3. The van der Waals surface area contributed by atoms with Crippen molar-refractivity contribution in [2.75, 3.05) is 25.0 Å². The second-order valence-electron chi connectivity index (χ2n) is 6.09. The highest BCUT2D eigenvalue weighted by atomic mass is 16.5. The normalized spacial score (nSPS) is 16.8. The number of benzene rings is 1. The summed E-state index contributed by atoms with van der Waals surface area (Å²) in [6.45, 7) is 2.64. The molecule has 0 spiro atoms. The van der Waals surface area contributed by atoms with E-state index in [4.69, 9.17) is 4.74 Å². The van der Waals surface area contributed by atoms with E-state index in [2.05, 4.69) is 10.6 Å². The summed E-state index contributed by atoms with van der Waals surface area (Å²) in [6, 6.07) is 8.81. The quantitative estimate of drug-likeness (QED) is 0.772. The van der Waals surface area contributed by atoms with E-state index in [1.54, 1.807) is 17.0 Å². The molecule has 7 nitrogen and oxygen atoms in total. The van der Waals surface area contributed by atoms with Gasteiger partial charge in [0.05, 0.1) is 6.42 Å². The zero-order valence-electron chi connectivity index (χ0n) is 14.5. The molecule has 1 atom stereocenters. The van der Waals surface area contributed by atoms with Gasteiger partial charge in [-0.15, -0.1) is 0 Å². The first-order valence-corrected chi connectivity index (χ1v) is 8.61. The minimum absolute atomic E-state index is 0.0189. The van der Waals surface area contributed by atoms with Gasteiger partial charge in [0.15, 0.2) is 6.61 Å². The van der Waals surface area contributed by atoms with Gasteiger partial charge < -0.3 is 20.3 Å². The smallest absolute Gasteiger partial charge is 0.319 e. The Balaban J connectivity index is 1.60. The van der Waals surface area contributed by atoms with E-state index in [1.807, 2.05) is 25.1 Å². The summed E-state index contributed by atoms with van der Waals surface area (Å²) < 4.78 is 5.00. The third-order valence-electron chi connectivity index (χ3n) is 4.13. The van der Waals surface area contributed by atoms with E-state index in [-0.39, 0.29) is 31.5 Å². The number of urea groups is 1. The van der Waals surface area contributed by atoms with Gasteiger partial charge >= 0.3 is 12.0 Å². The van der Waals surface area contributed by atoms with E-state index >= 15 is 0 Å². The number of anilines is 1. The molecule has 0 unspecified atom stereocenters. The maximum absolute atomic E-state index is 12.1. The molecule has 1 fully saturated rings. The second kappa shape index (κ2) is 9.66. The summed E-state index contributed by atoms with van der Waals surface area (Å²) in [4.78, 5) is 37.2. The monoisotopic (exact) mass is 347 g/mol. The van der Waals surface area contributed by atoms with Crippen LogP contribution in [-0.4, -0.2) is 48.5 Å². The number of nitrogens with zero attached hydrogens (tertiary/aromatic N) is 1. The lowest BCUT2D eigenvalue weighted by molar-refractivity contribution is -0.153. The summed E-state index contributed by atoms with van der Waals surface area (Å²) in [5.41, 5.74) is 0.670. The van der Waals surface area contributed by atoms with E-state index in [9.17, 15) is 14.4 Å². The van der Waals surface area contributed by atoms with E-state index < -0.39 is 12.0 Å². The standard InChI is InChI=1S/C18H25N3O4/c1-14-7-5-6-12-21(14)16(22)13-25-17(23)10-11-19-18(24)20-15-8-3-2-4-9-15/h2-4,8-9,14H,5-7,10-13H2,1H3,(H2,19,20,24)/t14-/m0/s1. The Bertz CT molecular complexity index is 591. The zero-order chi connectivity index (χ0) is 18.1. The minimum atomic E-state index is -0.502. The summed E-state index contributed by atoms with van der Waals surface area (Å²) in [5.74, 6) is -0.659. The Morgan fingerprint density at radius 2 is 1.96 bits per heavy atom. The first-order valence-electron chi connectivity index (χ1n) is 8.61. The van der Waals surface area contributed by atoms with Crippen LogP contribution in [0.4, 0.5) is 10.5 Å². The Morgan fingerprint density at radius 3 is 2.68 bits per heavy atom. The molecule has 1 aromatic carbocycles. The fourth-order valence-corrected chi connectivity index (χ4v) is 2.74. The van der Waals surface area contributed by atoms with Crippen LogP contribution in [0.1, 0.15) is 32.6 Å². The van der Waals surface area contributed by atoms with Crippen molar-refractivity contribution in [2.45, 2.75) is 38.6 Å². The van der Waals surface area contributed by atoms with Crippen molar-refractivity contribution in [3.05, 3.63) is 30.3 Å². The molecule has 1 aliphatic heterocycles. The van der Waals surface area contributed by atoms with Gasteiger partial charge in [-0.2, -0.15) is 0 Å². The summed E-state index contributed by atoms with van der Waals surface area (Å²) in [7, 11) is 0. The van der Waals surface area contributed by atoms with E-state index in [1.165, 1.54) is 0 Å². The van der Waals surface area contributed by atoms with E-state index in [0.717, 1.165) is 25.8 Å². The highest BCUT2D eigenvalue weighted by molar-refractivity contribution is 5.89. The maximum Gasteiger partial charge on any atom is 0.319 e. The van der Waals surface area contributed by atoms with Crippen molar-refractivity contribution < 1.29 is 19.1 Å². The number of hydrogen-bond donors (Lipinski definition) is 2. The molecule has 0 radical (unpaired) electrons. The van der Waals surface area contributed by atoms with Gasteiger partial charge in [0.25, 0.3) is 5.91 Å². The van der Waals surface area contributed by atoms with Crippen molar-refractivity contribution in [1.82, 2.24) is 10.2 Å². The van der Waals surface area contributed by atoms with Crippen LogP contribution >= 0.6 is 0 Å². The molecule has 1 saturated heterocycles. The predicted octanol–water partition coefficient (Wildman–Crippen LogP) is 2.14. The number of hydrogen-bond acceptors (Lipinski definition) is 4. The fourth-order valence-electron chi connectivity index (χ4n) is 2.74. The Hall–Kier alpha value is -2.57. The number of likely N-dealkylation sites (tertiary alicyclic amines) is 1. The van der Waals surface area contributed by atoms with Crippen molar-refractivity contribution in [2.24, 2.45) is 0 Å². The maximum atomic E-state index is 12.1. The Morgan fingerprint density at radius 1 is 1.20 bits per heavy atom. The number of piperidine rings is 1. The summed E-state index contributed by atoms with van der Waals surface area (Å²) >= 11 is 0. The van der Waals surface area contributed by atoms with Crippen molar-refractivity contribution in [1.29, 1.82) is 0 Å². The van der Waals surface area contributed by atoms with Gasteiger partial charge in [-0.05, 0) is 38.3 Å². The van der Waals surface area contributed by atoms with Gasteiger partial charge in [-0.1, -0.05) is 18.2 Å². The molecule has 25 heavy (non-hydrogen) atoms. The van der Waals surface area contributed by atoms with Gasteiger partial charge in [-0.25, -0.2) is 4.79 Å². The number of para-hydroxylation sites is 1. The largest absolute Gasteiger partial charge is 0.456 e. The van der Waals surface area contributed by atoms with Crippen molar-refractivity contribution in [3.63, 3.8) is 0 Å². The third-order valence-corrected chi connectivity index (χ3v) is 4.13. The molecule has 1 aliphatic rings. The molecule has 0 bridgehead atoms. The summed E-state index contributed by atoms with van der Waals surface area (Å²) in [5, 5.41) is 5.22. The molecule has 136 valence electrons. The molecular formula is C18H25N3O4. The molecule has 0 saturated carbocycles. The van der Waals surface area contributed by atoms with Crippen LogP contribution in [0.2, 0.25) is 0 Å². The topological polar surface area (TPSA) is 87.7 Å². The summed E-state index contributed by atoms with van der Waals surface area (Å²) in [6.07, 6.45) is 3.12. The Kier molecular flexibility index (Phi) is 7.25. The SMILES string of the molecule is C[C@H]1CCCCN1C(=O)COC(=O)CCNC(=O)Nc1ccccc1. The number of carbonyl (C=O) groups excluding carboxylic acids is 3. The molecule has 7 heteroatoms. The highest BCUT2D eigenvalue weighted by Crippen LogP contribution is 2.16. The first kappa shape index (κ1) is 18.8. The number of nitrogens with one attached hydrogen (secondary N) is 2. The molecular weight excluding hydrogens is 322 g/mol. The van der Waals surface area contributed by atoms with Crippen LogP contribution < -0.4 is 10.6 Å². The number of rotatable bonds is 6. The number of amides is 3. The molecule has 2 N–H and O–H groups in total. The highest BCUT2D eigenvalue weighted by Gasteiger charge is 2.23.